The lowest BCUT2D eigenvalue weighted by molar-refractivity contribution is -0.132. The molecule has 0 spiro atoms. The Hall–Kier alpha value is -3.90. The van der Waals surface area contributed by atoms with Crippen LogP contribution in [0.4, 0.5) is 5.69 Å². The molecule has 1 fully saturated rings. The van der Waals surface area contributed by atoms with Crippen molar-refractivity contribution in [1.29, 1.82) is 0 Å². The standard InChI is InChI=1S/C28H24ClNO5/c1-3-14-35-28(34)18-10-12-22(13-11-18)30-24(19-7-4-6-17(2)15-19)23(26(32)27(30)33)25(31)20-8-5-9-21(29)16-20/h4-13,15-16,24,31H,3,14H2,1-2H3/b25-23+. The van der Waals surface area contributed by atoms with Gasteiger partial charge in [0.1, 0.15) is 5.76 Å². The largest absolute Gasteiger partial charge is 0.507 e. The number of benzene rings is 3. The van der Waals surface area contributed by atoms with Crippen molar-refractivity contribution in [2.45, 2.75) is 26.3 Å². The van der Waals surface area contributed by atoms with Gasteiger partial charge in [-0.25, -0.2) is 4.79 Å². The molecule has 0 bridgehead atoms. The van der Waals surface area contributed by atoms with Crippen molar-refractivity contribution in [2.24, 2.45) is 0 Å². The normalized spacial score (nSPS) is 17.0. The lowest BCUT2D eigenvalue weighted by atomic mass is 9.94. The molecular weight excluding hydrogens is 466 g/mol. The number of aliphatic hydroxyl groups excluding tert-OH is 1. The third-order valence-electron chi connectivity index (χ3n) is 5.72. The van der Waals surface area contributed by atoms with Crippen molar-refractivity contribution in [3.63, 3.8) is 0 Å². The maximum absolute atomic E-state index is 13.3. The Labute approximate surface area is 208 Å². The molecule has 0 saturated carbocycles. The number of Topliss-reactive ketones (excluding diaryl/α,β-unsaturated/α-hetero) is 1. The number of amides is 1. The van der Waals surface area contributed by atoms with E-state index in [1.54, 1.807) is 48.5 Å². The van der Waals surface area contributed by atoms with Gasteiger partial charge >= 0.3 is 5.97 Å². The molecule has 3 aromatic rings. The van der Waals surface area contributed by atoms with Crippen molar-refractivity contribution in [2.75, 3.05) is 11.5 Å². The van der Waals surface area contributed by atoms with Crippen molar-refractivity contribution in [3.8, 4) is 0 Å². The molecule has 1 aliphatic rings. The number of aliphatic hydroxyl groups is 1. The Kier molecular flexibility index (Phi) is 7.03. The van der Waals surface area contributed by atoms with Crippen LogP contribution >= 0.6 is 11.6 Å². The maximum atomic E-state index is 13.3. The van der Waals surface area contributed by atoms with E-state index in [1.807, 2.05) is 32.0 Å². The summed E-state index contributed by atoms with van der Waals surface area (Å²) in [6, 6.07) is 19.3. The molecule has 178 valence electrons. The Balaban J connectivity index is 1.84. The Morgan fingerprint density at radius 3 is 2.37 bits per heavy atom. The Morgan fingerprint density at radius 1 is 1.00 bits per heavy atom. The number of nitrogens with zero attached hydrogens (tertiary/aromatic N) is 1. The van der Waals surface area contributed by atoms with Gasteiger partial charge in [0.05, 0.1) is 23.8 Å². The third kappa shape index (κ3) is 4.84. The summed E-state index contributed by atoms with van der Waals surface area (Å²) in [5, 5.41) is 11.5. The number of ketones is 1. The monoisotopic (exact) mass is 489 g/mol. The molecule has 1 saturated heterocycles. The summed E-state index contributed by atoms with van der Waals surface area (Å²) in [6.45, 7) is 4.12. The number of hydrogen-bond donors (Lipinski definition) is 1. The molecule has 1 N–H and O–H groups in total. The fourth-order valence-electron chi connectivity index (χ4n) is 4.08. The molecule has 1 atom stereocenters. The van der Waals surface area contributed by atoms with Crippen LogP contribution in [0.3, 0.4) is 0 Å². The van der Waals surface area contributed by atoms with E-state index in [0.717, 1.165) is 5.56 Å². The number of rotatable bonds is 6. The van der Waals surface area contributed by atoms with E-state index in [1.165, 1.54) is 11.0 Å². The number of hydrogen-bond acceptors (Lipinski definition) is 5. The SMILES string of the molecule is CCCOC(=O)c1ccc(N2C(=O)C(=O)/C(=C(/O)c3cccc(Cl)c3)C2c2cccc(C)c2)cc1. The van der Waals surface area contributed by atoms with Crippen LogP contribution in [0.15, 0.2) is 78.4 Å². The topological polar surface area (TPSA) is 83.9 Å². The first-order valence-electron chi connectivity index (χ1n) is 11.2. The van der Waals surface area contributed by atoms with Gasteiger partial charge in [0.25, 0.3) is 11.7 Å². The lowest BCUT2D eigenvalue weighted by Gasteiger charge is -2.26. The number of ether oxygens (including phenoxy) is 1. The molecule has 0 aliphatic carbocycles. The molecule has 6 nitrogen and oxygen atoms in total. The highest BCUT2D eigenvalue weighted by Gasteiger charge is 2.47. The first-order chi connectivity index (χ1) is 16.8. The second kappa shape index (κ2) is 10.2. The smallest absolute Gasteiger partial charge is 0.338 e. The summed E-state index contributed by atoms with van der Waals surface area (Å²) in [6.07, 6.45) is 0.706. The molecule has 7 heteroatoms. The molecule has 1 aliphatic heterocycles. The van der Waals surface area contributed by atoms with Gasteiger partial charge in [-0.3, -0.25) is 14.5 Å². The van der Waals surface area contributed by atoms with Crippen LogP contribution in [0.25, 0.3) is 5.76 Å². The van der Waals surface area contributed by atoms with Crippen LogP contribution in [-0.4, -0.2) is 29.4 Å². The van der Waals surface area contributed by atoms with Gasteiger partial charge in [0.2, 0.25) is 0 Å². The summed E-state index contributed by atoms with van der Waals surface area (Å²) in [5.74, 6) is -2.35. The summed E-state index contributed by atoms with van der Waals surface area (Å²) < 4.78 is 5.17. The van der Waals surface area contributed by atoms with E-state index in [-0.39, 0.29) is 11.3 Å². The first kappa shape index (κ1) is 24.2. The van der Waals surface area contributed by atoms with Crippen molar-refractivity contribution in [3.05, 3.63) is 106 Å². The zero-order valence-electron chi connectivity index (χ0n) is 19.3. The number of carbonyl (C=O) groups excluding carboxylic acids is 3. The number of carbonyl (C=O) groups is 3. The van der Waals surface area contributed by atoms with Crippen molar-refractivity contribution >= 4 is 40.7 Å². The zero-order chi connectivity index (χ0) is 25.1. The summed E-state index contributed by atoms with van der Waals surface area (Å²) in [4.78, 5) is 40.0. The minimum Gasteiger partial charge on any atom is -0.507 e. The molecular formula is C28H24ClNO5. The van der Waals surface area contributed by atoms with E-state index in [0.29, 0.717) is 40.4 Å². The highest BCUT2D eigenvalue weighted by atomic mass is 35.5. The predicted octanol–water partition coefficient (Wildman–Crippen LogP) is 5.84. The third-order valence-corrected chi connectivity index (χ3v) is 5.95. The first-order valence-corrected chi connectivity index (χ1v) is 11.6. The summed E-state index contributed by atoms with van der Waals surface area (Å²) >= 11 is 6.10. The molecule has 0 radical (unpaired) electrons. The minimum absolute atomic E-state index is 0.0331. The lowest BCUT2D eigenvalue weighted by Crippen LogP contribution is -2.29. The molecule has 4 rings (SSSR count). The average molecular weight is 490 g/mol. The Bertz CT molecular complexity index is 1330. The fraction of sp³-hybridized carbons (Fsp3) is 0.179. The van der Waals surface area contributed by atoms with Gasteiger partial charge in [-0.1, -0.05) is 60.5 Å². The molecule has 1 amide bonds. The van der Waals surface area contributed by atoms with Crippen LogP contribution in [0.5, 0.6) is 0 Å². The van der Waals surface area contributed by atoms with Gasteiger partial charge in [-0.05, 0) is 55.3 Å². The summed E-state index contributed by atoms with van der Waals surface area (Å²) in [5.41, 5.74) is 2.65. The van der Waals surface area contributed by atoms with Crippen LogP contribution < -0.4 is 4.90 Å². The van der Waals surface area contributed by atoms with E-state index in [9.17, 15) is 19.5 Å². The summed E-state index contributed by atoms with van der Waals surface area (Å²) in [7, 11) is 0. The van der Waals surface area contributed by atoms with Crippen LogP contribution in [0.1, 0.15) is 46.4 Å². The van der Waals surface area contributed by atoms with Crippen LogP contribution in [-0.2, 0) is 14.3 Å². The zero-order valence-corrected chi connectivity index (χ0v) is 20.1. The van der Waals surface area contributed by atoms with Crippen molar-refractivity contribution in [1.82, 2.24) is 0 Å². The fourth-order valence-corrected chi connectivity index (χ4v) is 4.27. The minimum atomic E-state index is -0.869. The highest BCUT2D eigenvalue weighted by molar-refractivity contribution is 6.51. The molecule has 35 heavy (non-hydrogen) atoms. The predicted molar refractivity (Wildman–Crippen MR) is 134 cm³/mol. The van der Waals surface area contributed by atoms with E-state index < -0.39 is 23.7 Å². The maximum Gasteiger partial charge on any atom is 0.338 e. The van der Waals surface area contributed by atoms with Gasteiger partial charge in [0.15, 0.2) is 0 Å². The molecule has 0 aromatic heterocycles. The van der Waals surface area contributed by atoms with Crippen molar-refractivity contribution < 1.29 is 24.2 Å². The highest BCUT2D eigenvalue weighted by Crippen LogP contribution is 2.42. The second-order valence-electron chi connectivity index (χ2n) is 8.28. The number of halogens is 1. The van der Waals surface area contributed by atoms with Gasteiger partial charge in [-0.2, -0.15) is 0 Å². The second-order valence-corrected chi connectivity index (χ2v) is 8.71. The number of aryl methyl sites for hydroxylation is 1. The number of anilines is 1. The molecule has 1 unspecified atom stereocenters. The van der Waals surface area contributed by atoms with Gasteiger partial charge < -0.3 is 9.84 Å². The molecule has 1 heterocycles. The van der Waals surface area contributed by atoms with Gasteiger partial charge in [-0.15, -0.1) is 0 Å². The Morgan fingerprint density at radius 2 is 1.71 bits per heavy atom. The number of esters is 1. The van der Waals surface area contributed by atoms with Crippen LogP contribution in [0.2, 0.25) is 5.02 Å². The quantitative estimate of drug-likeness (QED) is 0.203. The van der Waals surface area contributed by atoms with Gasteiger partial charge in [0, 0.05) is 16.3 Å². The molecule has 3 aromatic carbocycles. The van der Waals surface area contributed by atoms with E-state index >= 15 is 0 Å². The van der Waals surface area contributed by atoms with E-state index in [4.69, 9.17) is 16.3 Å². The van der Waals surface area contributed by atoms with Crippen LogP contribution in [0, 0.1) is 6.92 Å². The average Bonchev–Trinajstić information content (AvgIpc) is 3.12. The van der Waals surface area contributed by atoms with E-state index in [2.05, 4.69) is 0 Å².